The van der Waals surface area contributed by atoms with Gasteiger partial charge in [0.1, 0.15) is 5.82 Å². The van der Waals surface area contributed by atoms with Crippen molar-refractivity contribution in [1.82, 2.24) is 14.5 Å². The summed E-state index contributed by atoms with van der Waals surface area (Å²) in [4.78, 5) is 47.8. The Morgan fingerprint density at radius 3 is 2.35 bits per heavy atom. The monoisotopic (exact) mass is 492 g/mol. The fraction of sp³-hybridized carbons (Fsp3) is 0.267. The standard InChI is InChI=1S/C30H28N4O3/c1-20-31-26-8-4-3-7-25(26)30(37)34(20)24-12-10-22(11-13-24)28(35)32-17-14-23(15-18-32)29(36)33-19-16-21-6-2-5-9-27(21)33/h2-13,23H,14-19H2,1H3. The summed E-state index contributed by atoms with van der Waals surface area (Å²) in [5, 5.41) is 0.558. The number of anilines is 1. The van der Waals surface area contributed by atoms with Crippen LogP contribution in [0.4, 0.5) is 5.69 Å². The van der Waals surface area contributed by atoms with Crippen LogP contribution in [0.2, 0.25) is 0 Å². The van der Waals surface area contributed by atoms with Gasteiger partial charge in [-0.3, -0.25) is 19.0 Å². The number of carbonyl (C=O) groups excluding carboxylic acids is 2. The Labute approximate surface area is 215 Å². The van der Waals surface area contributed by atoms with Gasteiger partial charge in [0.15, 0.2) is 0 Å². The molecule has 0 aliphatic carbocycles. The lowest BCUT2D eigenvalue weighted by atomic mass is 9.94. The highest BCUT2D eigenvalue weighted by Crippen LogP contribution is 2.31. The highest BCUT2D eigenvalue weighted by atomic mass is 16.2. The van der Waals surface area contributed by atoms with Gasteiger partial charge in [0.05, 0.1) is 16.6 Å². The molecule has 3 heterocycles. The number of hydrogen-bond donors (Lipinski definition) is 0. The number of fused-ring (bicyclic) bond motifs is 2. The molecule has 2 aliphatic rings. The van der Waals surface area contributed by atoms with Gasteiger partial charge in [0.25, 0.3) is 11.5 Å². The summed E-state index contributed by atoms with van der Waals surface area (Å²) < 4.78 is 1.57. The van der Waals surface area contributed by atoms with E-state index in [0.717, 1.165) is 18.7 Å². The van der Waals surface area contributed by atoms with E-state index in [1.807, 2.05) is 46.2 Å². The number of para-hydroxylation sites is 2. The Hall–Kier alpha value is -4.26. The van der Waals surface area contributed by atoms with Crippen LogP contribution in [-0.2, 0) is 11.2 Å². The van der Waals surface area contributed by atoms with Crippen LogP contribution in [-0.4, -0.2) is 45.9 Å². The lowest BCUT2D eigenvalue weighted by Crippen LogP contribution is -2.44. The van der Waals surface area contributed by atoms with E-state index in [2.05, 4.69) is 11.1 Å². The molecule has 7 heteroatoms. The van der Waals surface area contributed by atoms with E-state index >= 15 is 0 Å². The molecule has 0 bridgehead atoms. The van der Waals surface area contributed by atoms with Gasteiger partial charge >= 0.3 is 0 Å². The predicted octanol–water partition coefficient (Wildman–Crippen LogP) is 4.14. The maximum atomic E-state index is 13.2. The Balaban J connectivity index is 1.14. The quantitative estimate of drug-likeness (QED) is 0.431. The summed E-state index contributed by atoms with van der Waals surface area (Å²) in [5.41, 5.74) is 4.04. The smallest absolute Gasteiger partial charge is 0.265 e. The first-order valence-electron chi connectivity index (χ1n) is 12.8. The third-order valence-corrected chi connectivity index (χ3v) is 7.60. The lowest BCUT2D eigenvalue weighted by molar-refractivity contribution is -0.123. The molecule has 0 spiro atoms. The first-order chi connectivity index (χ1) is 18.0. The van der Waals surface area contributed by atoms with E-state index in [9.17, 15) is 14.4 Å². The number of carbonyl (C=O) groups is 2. The van der Waals surface area contributed by atoms with Gasteiger partial charge in [-0.25, -0.2) is 4.98 Å². The van der Waals surface area contributed by atoms with Crippen LogP contribution in [0.25, 0.3) is 16.6 Å². The van der Waals surface area contributed by atoms with Crippen LogP contribution >= 0.6 is 0 Å². The molecule has 0 saturated carbocycles. The Morgan fingerprint density at radius 1 is 0.865 bits per heavy atom. The molecule has 1 fully saturated rings. The van der Waals surface area contributed by atoms with Crippen molar-refractivity contribution in [2.45, 2.75) is 26.2 Å². The van der Waals surface area contributed by atoms with E-state index in [-0.39, 0.29) is 23.3 Å². The normalized spacial score (nSPS) is 15.7. The molecule has 1 saturated heterocycles. The highest BCUT2D eigenvalue weighted by molar-refractivity contribution is 5.98. The van der Waals surface area contributed by atoms with Gasteiger partial charge in [0.2, 0.25) is 5.91 Å². The fourth-order valence-electron chi connectivity index (χ4n) is 5.60. The second-order valence-corrected chi connectivity index (χ2v) is 9.80. The third kappa shape index (κ3) is 4.10. The van der Waals surface area contributed by atoms with Gasteiger partial charge < -0.3 is 9.80 Å². The number of likely N-dealkylation sites (tertiary alicyclic amines) is 1. The summed E-state index contributed by atoms with van der Waals surface area (Å²) >= 11 is 0. The van der Waals surface area contributed by atoms with E-state index in [0.29, 0.717) is 53.9 Å². The first kappa shape index (κ1) is 23.2. The number of rotatable bonds is 3. The molecule has 2 amide bonds. The van der Waals surface area contributed by atoms with Gasteiger partial charge in [-0.2, -0.15) is 0 Å². The molecule has 0 unspecified atom stereocenters. The summed E-state index contributed by atoms with van der Waals surface area (Å²) in [6.45, 7) is 3.65. The van der Waals surface area contributed by atoms with E-state index in [1.54, 1.807) is 41.8 Å². The number of piperidine rings is 1. The molecule has 0 atom stereocenters. The Bertz CT molecular complexity index is 1570. The summed E-state index contributed by atoms with van der Waals surface area (Å²) in [7, 11) is 0. The van der Waals surface area contributed by atoms with Gasteiger partial charge in [-0.1, -0.05) is 30.3 Å². The fourth-order valence-corrected chi connectivity index (χ4v) is 5.60. The molecule has 1 aromatic heterocycles. The minimum Gasteiger partial charge on any atom is -0.339 e. The van der Waals surface area contributed by atoms with Gasteiger partial charge in [0, 0.05) is 36.8 Å². The minimum absolute atomic E-state index is 0.0512. The zero-order valence-electron chi connectivity index (χ0n) is 20.8. The Morgan fingerprint density at radius 2 is 1.57 bits per heavy atom. The number of hydrogen-bond acceptors (Lipinski definition) is 4. The molecule has 7 nitrogen and oxygen atoms in total. The highest BCUT2D eigenvalue weighted by Gasteiger charge is 2.33. The minimum atomic E-state index is -0.130. The van der Waals surface area contributed by atoms with Crippen molar-refractivity contribution in [1.29, 1.82) is 0 Å². The maximum Gasteiger partial charge on any atom is 0.265 e. The largest absolute Gasteiger partial charge is 0.339 e. The maximum absolute atomic E-state index is 13.2. The molecular formula is C30H28N4O3. The number of benzene rings is 3. The summed E-state index contributed by atoms with van der Waals surface area (Å²) in [5.74, 6) is 0.652. The SMILES string of the molecule is Cc1nc2ccccc2c(=O)n1-c1ccc(C(=O)N2CCC(C(=O)N3CCc4ccccc43)CC2)cc1. The van der Waals surface area contributed by atoms with Crippen molar-refractivity contribution >= 4 is 28.4 Å². The number of aromatic nitrogens is 2. The zero-order valence-corrected chi connectivity index (χ0v) is 20.8. The molecule has 6 rings (SSSR count). The molecular weight excluding hydrogens is 464 g/mol. The van der Waals surface area contributed by atoms with E-state index < -0.39 is 0 Å². The van der Waals surface area contributed by atoms with Crippen LogP contribution in [0.5, 0.6) is 0 Å². The molecule has 0 radical (unpaired) electrons. The average molecular weight is 493 g/mol. The van der Waals surface area contributed by atoms with Crippen LogP contribution in [0.15, 0.2) is 77.6 Å². The zero-order chi connectivity index (χ0) is 25.5. The number of aryl methyl sites for hydroxylation is 1. The van der Waals surface area contributed by atoms with Crippen LogP contribution in [0.1, 0.15) is 34.6 Å². The van der Waals surface area contributed by atoms with Crippen molar-refractivity contribution in [3.05, 3.63) is 100 Å². The molecule has 37 heavy (non-hydrogen) atoms. The summed E-state index contributed by atoms with van der Waals surface area (Å²) in [6.07, 6.45) is 2.23. The predicted molar refractivity (Wildman–Crippen MR) is 143 cm³/mol. The molecule has 4 aromatic rings. The Kier molecular flexibility index (Phi) is 5.83. The van der Waals surface area contributed by atoms with Crippen molar-refractivity contribution in [2.24, 2.45) is 5.92 Å². The first-order valence-corrected chi connectivity index (χ1v) is 12.8. The molecule has 2 aliphatic heterocycles. The summed E-state index contributed by atoms with van der Waals surface area (Å²) in [6, 6.07) is 22.5. The number of amides is 2. The third-order valence-electron chi connectivity index (χ3n) is 7.60. The molecule has 186 valence electrons. The van der Waals surface area contributed by atoms with Crippen molar-refractivity contribution in [2.75, 3.05) is 24.5 Å². The van der Waals surface area contributed by atoms with Crippen molar-refractivity contribution in [3.8, 4) is 5.69 Å². The molecule has 0 N–H and O–H groups in total. The van der Waals surface area contributed by atoms with E-state index in [1.165, 1.54) is 5.56 Å². The van der Waals surface area contributed by atoms with Crippen molar-refractivity contribution in [3.63, 3.8) is 0 Å². The average Bonchev–Trinajstić information content (AvgIpc) is 3.37. The second kappa shape index (κ2) is 9.32. The molecule has 3 aromatic carbocycles. The lowest BCUT2D eigenvalue weighted by Gasteiger charge is -2.33. The van der Waals surface area contributed by atoms with E-state index in [4.69, 9.17) is 0 Å². The van der Waals surface area contributed by atoms with Crippen LogP contribution < -0.4 is 10.5 Å². The van der Waals surface area contributed by atoms with Crippen LogP contribution in [0.3, 0.4) is 0 Å². The van der Waals surface area contributed by atoms with Crippen LogP contribution in [0, 0.1) is 12.8 Å². The van der Waals surface area contributed by atoms with Gasteiger partial charge in [-0.05, 0) is 74.2 Å². The number of nitrogens with zero attached hydrogens (tertiary/aromatic N) is 4. The van der Waals surface area contributed by atoms with Gasteiger partial charge in [-0.15, -0.1) is 0 Å². The second-order valence-electron chi connectivity index (χ2n) is 9.80. The van der Waals surface area contributed by atoms with Crippen molar-refractivity contribution < 1.29 is 9.59 Å². The topological polar surface area (TPSA) is 75.5 Å².